The van der Waals surface area contributed by atoms with Gasteiger partial charge in [0.05, 0.1) is 0 Å². The molecule has 0 atom stereocenters. The summed E-state index contributed by atoms with van der Waals surface area (Å²) in [5.74, 6) is 0. The zero-order valence-electron chi connectivity index (χ0n) is 26.1. The van der Waals surface area contributed by atoms with Crippen molar-refractivity contribution in [3.8, 4) is 0 Å². The number of allylic oxidation sites excluding steroid dienone is 4. The van der Waals surface area contributed by atoms with Crippen LogP contribution in [0.3, 0.4) is 0 Å². The first-order valence-corrected chi connectivity index (χ1v) is 15.1. The van der Waals surface area contributed by atoms with Crippen LogP contribution >= 0.6 is 0 Å². The fraction of sp³-hybridized carbons (Fsp3) is 0.389. The Labute approximate surface area is 260 Å². The van der Waals surface area contributed by atoms with E-state index < -0.39 is 0 Å². The molecule has 0 amide bonds. The zero-order chi connectivity index (χ0) is 28.9. The summed E-state index contributed by atoms with van der Waals surface area (Å²) in [5, 5.41) is 0. The Bertz CT molecular complexity index is 1620. The minimum Gasteiger partial charge on any atom is -0.659 e. The van der Waals surface area contributed by atoms with E-state index in [0.717, 1.165) is 83.4 Å². The van der Waals surface area contributed by atoms with E-state index in [1.165, 1.54) is 44.5 Å². The molecule has 0 spiro atoms. The average Bonchev–Trinajstić information content (AvgIpc) is 3.61. The Kier molecular flexibility index (Phi) is 9.14. The molecule has 5 heteroatoms. The summed E-state index contributed by atoms with van der Waals surface area (Å²) >= 11 is 0. The third kappa shape index (κ3) is 4.83. The van der Waals surface area contributed by atoms with Crippen LogP contribution in [0.1, 0.15) is 113 Å². The third-order valence-corrected chi connectivity index (χ3v) is 9.14. The molecule has 5 heterocycles. The van der Waals surface area contributed by atoms with Crippen molar-refractivity contribution in [1.82, 2.24) is 9.97 Å². The van der Waals surface area contributed by atoms with Gasteiger partial charge >= 0.3 is 21.1 Å². The molecule has 2 aliphatic rings. The largest absolute Gasteiger partial charge is 4.00 e. The summed E-state index contributed by atoms with van der Waals surface area (Å²) in [6, 6.07) is 9.06. The van der Waals surface area contributed by atoms with Gasteiger partial charge in [0.15, 0.2) is 0 Å². The molecule has 4 nitrogen and oxygen atoms in total. The molecule has 8 bridgehead atoms. The van der Waals surface area contributed by atoms with E-state index in [2.05, 4.69) is 103 Å². The molecule has 0 aliphatic carbocycles. The third-order valence-electron chi connectivity index (χ3n) is 9.14. The van der Waals surface area contributed by atoms with E-state index in [9.17, 15) is 0 Å². The molecule has 2 aliphatic heterocycles. The van der Waals surface area contributed by atoms with Gasteiger partial charge in [0.1, 0.15) is 22.8 Å². The number of aromatic nitrogens is 4. The maximum Gasteiger partial charge on any atom is 4.00 e. The Morgan fingerprint density at radius 3 is 1.02 bits per heavy atom. The van der Waals surface area contributed by atoms with E-state index in [4.69, 9.17) is 9.97 Å². The molecule has 3 aromatic rings. The normalized spacial score (nSPS) is 13.3. The van der Waals surface area contributed by atoms with Crippen molar-refractivity contribution < 1.29 is 30.2 Å². The topological polar surface area (TPSA) is 36.0 Å². The van der Waals surface area contributed by atoms with Crippen LogP contribution in [0, 0.1) is 14.1 Å². The Morgan fingerprint density at radius 2 is 0.756 bits per heavy atom. The van der Waals surface area contributed by atoms with Gasteiger partial charge in [-0.2, -0.15) is 0 Å². The van der Waals surface area contributed by atoms with Crippen LogP contribution in [-0.4, -0.2) is 0 Å². The van der Waals surface area contributed by atoms with E-state index in [1.807, 2.05) is 0 Å². The molecule has 0 saturated heterocycles. The Morgan fingerprint density at radius 1 is 0.488 bits per heavy atom. The second kappa shape index (κ2) is 12.1. The van der Waals surface area contributed by atoms with Gasteiger partial charge in [-0.3, -0.25) is 0 Å². The SMILES string of the molecule is [CH2-][n+]1c2cc3[n-]c(cc4[n+]([CH2-])c(cc5[n-]c(cc1C(C)=C2C)c(CC)c5CC)C(CC)=C4CC)c(CC)c3CC.[Pt+4]. The number of rotatable bonds is 6. The fourth-order valence-corrected chi connectivity index (χ4v) is 6.90. The van der Waals surface area contributed by atoms with Crippen LogP contribution in [0.5, 0.6) is 0 Å². The molecule has 0 N–H and O–H groups in total. The Balaban J connectivity index is 0.00000387. The van der Waals surface area contributed by atoms with Crippen molar-refractivity contribution in [2.45, 2.75) is 93.9 Å². The van der Waals surface area contributed by atoms with Gasteiger partial charge in [0.2, 0.25) is 0 Å². The van der Waals surface area contributed by atoms with Gasteiger partial charge in [0, 0.05) is 14.1 Å². The molecule has 216 valence electrons. The van der Waals surface area contributed by atoms with Crippen molar-refractivity contribution in [3.63, 3.8) is 0 Å². The number of hydrogen-bond acceptors (Lipinski definition) is 0. The first-order valence-electron chi connectivity index (χ1n) is 15.1. The maximum atomic E-state index is 5.27. The second-order valence-corrected chi connectivity index (χ2v) is 11.0. The smallest absolute Gasteiger partial charge is 0.659 e. The van der Waals surface area contributed by atoms with Gasteiger partial charge in [-0.25, -0.2) is 0 Å². The van der Waals surface area contributed by atoms with Gasteiger partial charge in [0.25, 0.3) is 0 Å². The molecule has 3 aromatic heterocycles. The van der Waals surface area contributed by atoms with Crippen molar-refractivity contribution in [2.75, 3.05) is 0 Å². The minimum absolute atomic E-state index is 0. The van der Waals surface area contributed by atoms with Crippen molar-refractivity contribution in [1.29, 1.82) is 0 Å². The molecule has 0 aromatic carbocycles. The van der Waals surface area contributed by atoms with Crippen molar-refractivity contribution in [2.24, 2.45) is 0 Å². The van der Waals surface area contributed by atoms with Crippen LogP contribution in [0.2, 0.25) is 0 Å². The van der Waals surface area contributed by atoms with Gasteiger partial charge < -0.3 is 19.1 Å². The number of aryl methyl sites for hydroxylation is 4. The maximum absolute atomic E-state index is 5.27. The summed E-state index contributed by atoms with van der Waals surface area (Å²) in [5.41, 5.74) is 19.2. The number of fused-ring (bicyclic) bond motifs is 8. The summed E-state index contributed by atoms with van der Waals surface area (Å²) in [6.07, 6.45) is 5.66. The van der Waals surface area contributed by atoms with Gasteiger partial charge in [-0.05, 0) is 74.7 Å². The minimum atomic E-state index is 0. The number of hydrogen-bond donors (Lipinski definition) is 0. The summed E-state index contributed by atoms with van der Waals surface area (Å²) in [4.78, 5) is 10.5. The molecule has 41 heavy (non-hydrogen) atoms. The first-order chi connectivity index (χ1) is 19.2. The van der Waals surface area contributed by atoms with E-state index in [-0.39, 0.29) is 21.1 Å². The summed E-state index contributed by atoms with van der Waals surface area (Å²) in [7, 11) is 9.10. The first kappa shape index (κ1) is 31.0. The van der Waals surface area contributed by atoms with Crippen LogP contribution in [0.4, 0.5) is 0 Å². The Hall–Kier alpha value is -2.97. The van der Waals surface area contributed by atoms with E-state index in [1.54, 1.807) is 0 Å². The zero-order valence-corrected chi connectivity index (χ0v) is 28.3. The second-order valence-electron chi connectivity index (χ2n) is 11.0. The van der Waals surface area contributed by atoms with E-state index in [0.29, 0.717) is 0 Å². The van der Waals surface area contributed by atoms with Crippen LogP contribution in [0.25, 0.3) is 44.4 Å². The summed E-state index contributed by atoms with van der Waals surface area (Å²) < 4.78 is 4.22. The molecular formula is C36H44N4Pt+2. The van der Waals surface area contributed by atoms with E-state index >= 15 is 0 Å². The van der Waals surface area contributed by atoms with Crippen molar-refractivity contribution in [3.05, 3.63) is 83.4 Å². The quantitative estimate of drug-likeness (QED) is 0.194. The summed E-state index contributed by atoms with van der Waals surface area (Å²) in [6.45, 7) is 17.8. The van der Waals surface area contributed by atoms with Crippen LogP contribution in [0.15, 0.2) is 24.3 Å². The monoisotopic (exact) mass is 727 g/mol. The van der Waals surface area contributed by atoms with Crippen molar-refractivity contribution >= 4 is 44.4 Å². The molecule has 0 saturated carbocycles. The molecule has 0 radical (unpaired) electrons. The van der Waals surface area contributed by atoms with Gasteiger partial charge in [-0.15, -0.1) is 22.1 Å². The standard InChI is InChI=1S/C36H44N4.Pt/c1-11-23-25(13-3)31-19-35-27(15-5)28(16-6)36(40(35)10)20-32-26(14-4)24(12-2)30(38-32)18-34-22(8)21(7)33(39(34)9)17-29(23)37-31;/h17-20H,9-16H2,1-8H3;/q-2;+4. The average molecular weight is 728 g/mol. The van der Waals surface area contributed by atoms with Crippen LogP contribution < -0.4 is 19.1 Å². The predicted molar refractivity (Wildman–Crippen MR) is 168 cm³/mol. The molecule has 5 rings (SSSR count). The molecule has 0 unspecified atom stereocenters. The van der Waals surface area contributed by atoms with Crippen LogP contribution in [-0.2, 0) is 46.7 Å². The predicted octanol–water partition coefficient (Wildman–Crippen LogP) is 7.57. The van der Waals surface area contributed by atoms with Gasteiger partial charge in [-0.1, -0.05) is 88.1 Å². The fourth-order valence-electron chi connectivity index (χ4n) is 6.90. The number of nitrogens with zero attached hydrogens (tertiary/aromatic N) is 4. The molecule has 0 fully saturated rings. The molecular weight excluding hydrogens is 684 g/mol.